The van der Waals surface area contributed by atoms with Crippen molar-refractivity contribution in [3.05, 3.63) is 0 Å². The molecule has 1 amide bonds. The number of halogens is 2. The van der Waals surface area contributed by atoms with Gasteiger partial charge >= 0.3 is 0 Å². The van der Waals surface area contributed by atoms with Crippen molar-refractivity contribution in [2.75, 3.05) is 19.6 Å². The largest absolute Gasteiger partial charge is 0.351 e. The number of likely N-dealkylation sites (tertiary alicyclic amines) is 1. The maximum atomic E-state index is 11.8. The maximum Gasteiger partial charge on any atom is 0.237 e. The lowest BCUT2D eigenvalue weighted by atomic mass is 10.0. The van der Waals surface area contributed by atoms with Gasteiger partial charge in [0, 0.05) is 12.6 Å². The van der Waals surface area contributed by atoms with Gasteiger partial charge in [-0.25, -0.2) is 0 Å². The van der Waals surface area contributed by atoms with E-state index in [1.54, 1.807) is 0 Å². The van der Waals surface area contributed by atoms with Gasteiger partial charge < -0.3 is 16.0 Å². The lowest BCUT2D eigenvalue weighted by Gasteiger charge is -2.33. The van der Waals surface area contributed by atoms with Gasteiger partial charge in [-0.2, -0.15) is 0 Å². The fraction of sp³-hybridized carbons (Fsp3) is 0.917. The third-order valence-electron chi connectivity index (χ3n) is 3.32. The quantitative estimate of drug-likeness (QED) is 0.825. The number of amides is 1. The van der Waals surface area contributed by atoms with Crippen LogP contribution in [-0.4, -0.2) is 42.5 Å². The summed E-state index contributed by atoms with van der Waals surface area (Å²) < 4.78 is 0. The Morgan fingerprint density at radius 1 is 1.44 bits per heavy atom. The van der Waals surface area contributed by atoms with Crippen LogP contribution in [0.2, 0.25) is 0 Å². The first kappa shape index (κ1) is 20.3. The topological polar surface area (TPSA) is 58.4 Å². The molecule has 1 fully saturated rings. The van der Waals surface area contributed by atoms with Gasteiger partial charge in [0.05, 0.1) is 6.04 Å². The van der Waals surface area contributed by atoms with Crippen molar-refractivity contribution in [1.29, 1.82) is 0 Å². The van der Waals surface area contributed by atoms with Crippen molar-refractivity contribution in [3.63, 3.8) is 0 Å². The predicted octanol–water partition coefficient (Wildman–Crippen LogP) is 1.41. The van der Waals surface area contributed by atoms with Crippen LogP contribution in [0.4, 0.5) is 0 Å². The monoisotopic (exact) mass is 299 g/mol. The van der Waals surface area contributed by atoms with Crippen molar-refractivity contribution in [2.45, 2.75) is 45.7 Å². The molecule has 1 rings (SSSR count). The van der Waals surface area contributed by atoms with E-state index in [4.69, 9.17) is 5.73 Å². The minimum Gasteiger partial charge on any atom is -0.351 e. The molecule has 4 nitrogen and oxygen atoms in total. The second kappa shape index (κ2) is 9.84. The van der Waals surface area contributed by atoms with E-state index in [1.807, 2.05) is 13.8 Å². The number of likely N-dealkylation sites (N-methyl/N-ethyl adjacent to an activating group) is 1. The summed E-state index contributed by atoms with van der Waals surface area (Å²) in [5, 5.41) is 3.06. The number of nitrogens with zero attached hydrogens (tertiary/aromatic N) is 1. The molecule has 0 aromatic rings. The SMILES string of the molecule is CCN1CCCC(NC(=O)[C@@H](N)C(C)C)C1.Cl.Cl. The zero-order valence-corrected chi connectivity index (χ0v) is 13.1. The Hall–Kier alpha value is -0.0300. The maximum absolute atomic E-state index is 11.8. The molecular weight excluding hydrogens is 273 g/mol. The summed E-state index contributed by atoms with van der Waals surface area (Å²) >= 11 is 0. The van der Waals surface area contributed by atoms with Crippen molar-refractivity contribution in [2.24, 2.45) is 11.7 Å². The minimum absolute atomic E-state index is 0. The van der Waals surface area contributed by atoms with Crippen LogP contribution < -0.4 is 11.1 Å². The lowest BCUT2D eigenvalue weighted by molar-refractivity contribution is -0.124. The Morgan fingerprint density at radius 3 is 2.56 bits per heavy atom. The zero-order valence-electron chi connectivity index (χ0n) is 11.5. The molecule has 0 radical (unpaired) electrons. The number of rotatable bonds is 4. The Balaban J connectivity index is 0. The first-order valence-electron chi connectivity index (χ1n) is 6.33. The van der Waals surface area contributed by atoms with Crippen LogP contribution in [0.5, 0.6) is 0 Å². The van der Waals surface area contributed by atoms with Gasteiger partial charge in [0.15, 0.2) is 0 Å². The van der Waals surface area contributed by atoms with Gasteiger partial charge in [-0.05, 0) is 31.8 Å². The Morgan fingerprint density at radius 2 is 2.06 bits per heavy atom. The van der Waals surface area contributed by atoms with Crippen molar-refractivity contribution in [3.8, 4) is 0 Å². The van der Waals surface area contributed by atoms with Crippen LogP contribution in [0.1, 0.15) is 33.6 Å². The van der Waals surface area contributed by atoms with E-state index in [-0.39, 0.29) is 48.7 Å². The van der Waals surface area contributed by atoms with E-state index < -0.39 is 0 Å². The summed E-state index contributed by atoms with van der Waals surface area (Å²) in [6, 6.07) is -0.0944. The molecule has 0 saturated carbocycles. The molecular formula is C12H27Cl2N3O. The van der Waals surface area contributed by atoms with Crippen molar-refractivity contribution < 1.29 is 4.79 Å². The molecule has 1 heterocycles. The molecule has 1 saturated heterocycles. The van der Waals surface area contributed by atoms with Gasteiger partial charge in [-0.15, -0.1) is 24.8 Å². The van der Waals surface area contributed by atoms with Crippen molar-refractivity contribution in [1.82, 2.24) is 10.2 Å². The molecule has 3 N–H and O–H groups in total. The molecule has 0 bridgehead atoms. The van der Waals surface area contributed by atoms with Gasteiger partial charge in [-0.1, -0.05) is 20.8 Å². The smallest absolute Gasteiger partial charge is 0.237 e. The van der Waals surface area contributed by atoms with Gasteiger partial charge in [-0.3, -0.25) is 4.79 Å². The zero-order chi connectivity index (χ0) is 12.1. The Kier molecular flexibility index (Phi) is 11.1. The highest BCUT2D eigenvalue weighted by atomic mass is 35.5. The van der Waals surface area contributed by atoms with Crippen LogP contribution in [0.25, 0.3) is 0 Å². The van der Waals surface area contributed by atoms with E-state index in [0.29, 0.717) is 0 Å². The van der Waals surface area contributed by atoms with Crippen LogP contribution >= 0.6 is 24.8 Å². The van der Waals surface area contributed by atoms with Crippen LogP contribution in [-0.2, 0) is 4.79 Å². The van der Waals surface area contributed by atoms with Crippen LogP contribution in [0.3, 0.4) is 0 Å². The highest BCUT2D eigenvalue weighted by Crippen LogP contribution is 2.10. The van der Waals surface area contributed by atoms with Crippen molar-refractivity contribution >= 4 is 30.7 Å². The van der Waals surface area contributed by atoms with Crippen LogP contribution in [0, 0.1) is 5.92 Å². The normalized spacial score (nSPS) is 21.7. The number of carbonyl (C=O) groups is 1. The Labute approximate surface area is 123 Å². The lowest BCUT2D eigenvalue weighted by Crippen LogP contribution is -2.53. The van der Waals surface area contributed by atoms with E-state index in [2.05, 4.69) is 17.1 Å². The third-order valence-corrected chi connectivity index (χ3v) is 3.32. The summed E-state index contributed by atoms with van der Waals surface area (Å²) in [5.74, 6) is 0.198. The van der Waals surface area contributed by atoms with E-state index >= 15 is 0 Å². The van der Waals surface area contributed by atoms with E-state index in [1.165, 1.54) is 0 Å². The molecule has 1 aliphatic rings. The van der Waals surface area contributed by atoms with Crippen LogP contribution in [0.15, 0.2) is 0 Å². The average molecular weight is 300 g/mol. The molecule has 0 aromatic heterocycles. The molecule has 0 spiro atoms. The second-order valence-corrected chi connectivity index (χ2v) is 5.01. The highest BCUT2D eigenvalue weighted by Gasteiger charge is 2.23. The first-order chi connectivity index (χ1) is 7.54. The first-order valence-corrected chi connectivity index (χ1v) is 6.33. The summed E-state index contributed by atoms with van der Waals surface area (Å²) in [7, 11) is 0. The van der Waals surface area contributed by atoms with Gasteiger partial charge in [0.25, 0.3) is 0 Å². The molecule has 6 heteroatoms. The average Bonchev–Trinajstić information content (AvgIpc) is 2.28. The number of nitrogens with one attached hydrogen (secondary N) is 1. The molecule has 0 aliphatic carbocycles. The third kappa shape index (κ3) is 6.23. The van der Waals surface area contributed by atoms with Gasteiger partial charge in [0.2, 0.25) is 5.91 Å². The molecule has 110 valence electrons. The fourth-order valence-corrected chi connectivity index (χ4v) is 2.06. The van der Waals surface area contributed by atoms with Gasteiger partial charge in [0.1, 0.15) is 0 Å². The summed E-state index contributed by atoms with van der Waals surface area (Å²) in [6.45, 7) is 9.28. The summed E-state index contributed by atoms with van der Waals surface area (Å²) in [5.41, 5.74) is 5.82. The Bertz CT molecular complexity index is 239. The predicted molar refractivity (Wildman–Crippen MR) is 80.6 cm³/mol. The molecule has 0 aromatic carbocycles. The van der Waals surface area contributed by atoms with E-state index in [0.717, 1.165) is 32.5 Å². The molecule has 18 heavy (non-hydrogen) atoms. The second-order valence-electron chi connectivity index (χ2n) is 5.01. The fourth-order valence-electron chi connectivity index (χ4n) is 2.06. The summed E-state index contributed by atoms with van der Waals surface area (Å²) in [4.78, 5) is 14.2. The number of carbonyl (C=O) groups excluding carboxylic acids is 1. The number of piperidine rings is 1. The number of hydrogen-bond donors (Lipinski definition) is 2. The van der Waals surface area contributed by atoms with E-state index in [9.17, 15) is 4.79 Å². The molecule has 2 atom stereocenters. The highest BCUT2D eigenvalue weighted by molar-refractivity contribution is 5.85. The standard InChI is InChI=1S/C12H25N3O.2ClH/c1-4-15-7-5-6-10(8-15)14-12(16)11(13)9(2)3;;/h9-11H,4-8,13H2,1-3H3,(H,14,16);2*1H/t10?,11-;;/m0../s1. The minimum atomic E-state index is -0.378. The summed E-state index contributed by atoms with van der Waals surface area (Å²) in [6.07, 6.45) is 2.24. The molecule has 1 aliphatic heterocycles. The number of nitrogens with two attached hydrogens (primary N) is 1. The number of hydrogen-bond acceptors (Lipinski definition) is 3. The molecule has 1 unspecified atom stereocenters.